The number of piperidine rings is 1. The van der Waals surface area contributed by atoms with E-state index in [9.17, 15) is 22.4 Å². The van der Waals surface area contributed by atoms with Crippen LogP contribution in [-0.2, 0) is 34.6 Å². The molecule has 6 nitrogen and oxygen atoms in total. The number of aromatic nitrogens is 1. The minimum atomic E-state index is -5.20. The third-order valence-corrected chi connectivity index (χ3v) is 9.27. The zero-order valence-electron chi connectivity index (χ0n) is 47.6. The van der Waals surface area contributed by atoms with Crippen molar-refractivity contribution in [3.05, 3.63) is 135 Å². The number of pyridine rings is 1. The molecule has 278 valence electrons. The van der Waals surface area contributed by atoms with E-state index >= 15 is 9.18 Å². The molecule has 0 aliphatic carbocycles. The Labute approximate surface area is 337 Å². The van der Waals surface area contributed by atoms with E-state index in [1.54, 1.807) is 0 Å². The fourth-order valence-corrected chi connectivity index (χ4v) is 6.59. The van der Waals surface area contributed by atoms with E-state index in [1.165, 1.54) is 4.90 Å². The van der Waals surface area contributed by atoms with E-state index < -0.39 is 214 Å². The van der Waals surface area contributed by atoms with Gasteiger partial charge in [-0.25, -0.2) is 8.78 Å². The lowest BCUT2D eigenvalue weighted by molar-refractivity contribution is -0.138. The molecular formula is C41H40F5N3O3S. The highest BCUT2D eigenvalue weighted by molar-refractivity contribution is 7.98. The van der Waals surface area contributed by atoms with Gasteiger partial charge in [-0.3, -0.25) is 9.59 Å². The lowest BCUT2D eigenvalue weighted by atomic mass is 9.98. The number of carbonyl (C=O) groups excluding carboxylic acids is 1. The minimum Gasteiger partial charge on any atom is -0.383 e. The molecule has 2 heterocycles. The predicted molar refractivity (Wildman–Crippen MR) is 198 cm³/mol. The first-order valence-corrected chi connectivity index (χ1v) is 16.7. The van der Waals surface area contributed by atoms with Gasteiger partial charge in [0.2, 0.25) is 5.91 Å². The summed E-state index contributed by atoms with van der Waals surface area (Å²) in [4.78, 5) is 31.2. The van der Waals surface area contributed by atoms with Crippen LogP contribution in [0.1, 0.15) is 62.5 Å². The number of benzene rings is 4. The average Bonchev–Trinajstić information content (AvgIpc) is 3.31. The van der Waals surface area contributed by atoms with Crippen LogP contribution in [0.5, 0.6) is 0 Å². The minimum absolute atomic E-state index is 0.185. The largest absolute Gasteiger partial charge is 0.416 e. The molecule has 0 radical (unpaired) electrons. The molecule has 0 spiro atoms. The van der Waals surface area contributed by atoms with Gasteiger partial charge in [-0.05, 0) is 66.2 Å². The van der Waals surface area contributed by atoms with Gasteiger partial charge in [-0.1, -0.05) is 60.4 Å². The quantitative estimate of drug-likeness (QED) is 0.0940. The molecule has 1 aliphatic heterocycles. The maximum atomic E-state index is 15.3. The summed E-state index contributed by atoms with van der Waals surface area (Å²) in [5.74, 6) is -5.52. The first-order valence-electron chi connectivity index (χ1n) is 25.7. The van der Waals surface area contributed by atoms with Gasteiger partial charge in [0.1, 0.15) is 6.54 Å². The van der Waals surface area contributed by atoms with Crippen molar-refractivity contribution in [2.24, 2.45) is 0 Å². The molecule has 1 aromatic heterocycles. The molecule has 0 atom stereocenters. The zero-order valence-corrected chi connectivity index (χ0v) is 28.4. The molecule has 4 aromatic carbocycles. The van der Waals surface area contributed by atoms with Crippen LogP contribution in [0.3, 0.4) is 0 Å². The SMILES string of the molecule is [2H]c1c([2H])c(F)c(F)c(CSc2c([2H])c(=O)c3c([2H])c([2H])c([2H])c([2H])c3n2CC(=O)N(Cc2c([2H])c([2H])c(-c3c([2H])c([2H])c(C(F)(F)F)c(C)c3[2H])c([2H])c2[2H])C2CCN(C([2H])([2H])COC([2H])([2H])[2H])CC2)c1[2H]. The van der Waals surface area contributed by atoms with Crippen LogP contribution in [0, 0.1) is 18.6 Å². The Morgan fingerprint density at radius 2 is 1.74 bits per heavy atom. The monoisotopic (exact) mass is 769 g/mol. The summed E-state index contributed by atoms with van der Waals surface area (Å²) in [6.45, 7) is -5.00. The maximum absolute atomic E-state index is 15.3. The fraction of sp³-hybridized carbons (Fsp3) is 0.317. The molecule has 1 amide bonds. The number of alkyl halides is 3. The summed E-state index contributed by atoms with van der Waals surface area (Å²) < 4.78 is 244. The number of halogens is 5. The molecule has 53 heavy (non-hydrogen) atoms. The van der Waals surface area contributed by atoms with E-state index in [-0.39, 0.29) is 25.9 Å². The predicted octanol–water partition coefficient (Wildman–Crippen LogP) is 8.71. The summed E-state index contributed by atoms with van der Waals surface area (Å²) in [7, 11) is -2.98. The van der Waals surface area contributed by atoms with Crippen molar-refractivity contribution in [2.75, 3.05) is 33.2 Å². The first kappa shape index (κ1) is 20.2. The summed E-state index contributed by atoms with van der Waals surface area (Å²) in [6.07, 6.45) is -5.57. The van der Waals surface area contributed by atoms with Gasteiger partial charge in [0.05, 0.1) is 47.4 Å². The second kappa shape index (κ2) is 16.7. The number of para-hydroxylation sites is 1. The Kier molecular flexibility index (Phi) is 6.36. The number of rotatable bonds is 12. The van der Waals surface area contributed by atoms with Gasteiger partial charge in [-0.2, -0.15) is 13.2 Å². The molecular weight excluding hydrogens is 710 g/mol. The van der Waals surface area contributed by atoms with Gasteiger partial charge in [0, 0.05) is 64.7 Å². The van der Waals surface area contributed by atoms with E-state index in [2.05, 4.69) is 0 Å². The highest BCUT2D eigenvalue weighted by Gasteiger charge is 2.32. The Morgan fingerprint density at radius 3 is 2.47 bits per heavy atom. The normalized spacial score (nSPS) is 20.0. The molecule has 1 aliphatic rings. The molecule has 1 saturated heterocycles. The van der Waals surface area contributed by atoms with E-state index in [1.807, 2.05) is 0 Å². The highest BCUT2D eigenvalue weighted by atomic mass is 32.2. The fourth-order valence-electron chi connectivity index (χ4n) is 5.64. The summed E-state index contributed by atoms with van der Waals surface area (Å²) >= 11 is 0.314. The number of thioether (sulfide) groups is 1. The van der Waals surface area contributed by atoms with Crippen LogP contribution >= 0.6 is 11.8 Å². The molecule has 1 fully saturated rings. The van der Waals surface area contributed by atoms with Crippen LogP contribution in [0.15, 0.2) is 100 Å². The average molecular weight is 770 g/mol. The summed E-state index contributed by atoms with van der Waals surface area (Å²) in [6, 6.07) is -16.7. The number of likely N-dealkylation sites (tertiary alicyclic amines) is 1. The highest BCUT2D eigenvalue weighted by Crippen LogP contribution is 2.34. The van der Waals surface area contributed by atoms with Crippen LogP contribution in [0.4, 0.5) is 22.0 Å². The number of ether oxygens (including phenoxy) is 1. The molecule has 6 rings (SSSR count). The number of hydrogen-bond donors (Lipinski definition) is 0. The van der Waals surface area contributed by atoms with E-state index in [0.29, 0.717) is 11.8 Å². The van der Waals surface area contributed by atoms with Crippen molar-refractivity contribution in [2.45, 2.75) is 55.9 Å². The maximum Gasteiger partial charge on any atom is 0.416 e. The van der Waals surface area contributed by atoms with Crippen molar-refractivity contribution < 1.29 is 58.9 Å². The summed E-state index contributed by atoms with van der Waals surface area (Å²) in [5, 5.41) is -1.42. The van der Waals surface area contributed by atoms with Crippen LogP contribution < -0.4 is 5.43 Å². The van der Waals surface area contributed by atoms with Crippen LogP contribution in [0.2, 0.25) is 0 Å². The lowest BCUT2D eigenvalue weighted by Crippen LogP contribution is -2.48. The van der Waals surface area contributed by atoms with Gasteiger partial charge in [0.15, 0.2) is 17.1 Å². The van der Waals surface area contributed by atoms with Gasteiger partial charge < -0.3 is 19.1 Å². The molecule has 12 heteroatoms. The number of nitrogens with zero attached hydrogens (tertiary/aromatic N) is 3. The smallest absolute Gasteiger partial charge is 0.383 e. The molecule has 0 saturated carbocycles. The second-order valence-electron chi connectivity index (χ2n) is 11.6. The zero-order chi connectivity index (χ0) is 55.0. The Bertz CT molecular complexity index is 3080. The van der Waals surface area contributed by atoms with Gasteiger partial charge in [0.25, 0.3) is 0 Å². The van der Waals surface area contributed by atoms with E-state index in [0.717, 1.165) is 16.4 Å². The molecule has 5 aromatic rings. The van der Waals surface area contributed by atoms with Crippen molar-refractivity contribution in [3.8, 4) is 11.1 Å². The number of amides is 1. The summed E-state index contributed by atoms with van der Waals surface area (Å²) in [5.41, 5.74) is -7.54. The van der Waals surface area contributed by atoms with Crippen molar-refractivity contribution in [3.63, 3.8) is 0 Å². The Hall–Kier alpha value is -4.52. The van der Waals surface area contributed by atoms with Crippen LogP contribution in [-0.4, -0.2) is 59.5 Å². The van der Waals surface area contributed by atoms with Crippen LogP contribution in [0.25, 0.3) is 22.0 Å². The van der Waals surface area contributed by atoms with Gasteiger partial charge >= 0.3 is 6.18 Å². The van der Waals surface area contributed by atoms with Gasteiger partial charge in [-0.15, -0.1) is 11.8 Å². The van der Waals surface area contributed by atoms with Crippen molar-refractivity contribution >= 4 is 28.6 Å². The van der Waals surface area contributed by atoms with Crippen molar-refractivity contribution in [1.29, 1.82) is 0 Å². The number of methoxy groups -OCH3 is 1. The number of fused-ring (bicyclic) bond motifs is 1. The lowest BCUT2D eigenvalue weighted by Gasteiger charge is -2.39. The Balaban J connectivity index is 1.54. The third kappa shape index (κ3) is 9.00. The topological polar surface area (TPSA) is 54.8 Å². The molecule has 0 unspecified atom stereocenters. The van der Waals surface area contributed by atoms with E-state index in [4.69, 9.17) is 32.2 Å². The molecule has 0 N–H and O–H groups in total. The first-order chi connectivity index (χ1) is 33.6. The standard InChI is InChI=1S/C41H40F5N3O3S/c1-27-22-30(14-15-34(27)41(44,45)46)29-12-10-28(11-13-29)24-48(32-16-18-47(19-17-32)20-21-52-2)38(51)25-49-36-9-4-3-7-33(36)37(50)23-39(49)53-26-31-6-5-8-35(42)40(31)43/h3-15,22-23,32H,16-21,24-26H2,1-2H3/i2D3,3D,4D,5D,6D,7D,8D,9D,10D,11D,12D,13D,14D,15D,20D2,22D,23D. The second-order valence-corrected chi connectivity index (χ2v) is 12.6. The van der Waals surface area contributed by atoms with Crippen molar-refractivity contribution in [1.82, 2.24) is 14.4 Å². The third-order valence-electron chi connectivity index (χ3n) is 8.24. The Morgan fingerprint density at radius 1 is 1.00 bits per heavy atom. The molecule has 0 bridgehead atoms. The number of carbonyl (C=O) groups is 1. The number of hydrogen-bond acceptors (Lipinski definition) is 5.